The van der Waals surface area contributed by atoms with E-state index in [-0.39, 0.29) is 25.9 Å². The SMILES string of the molecule is CCCC(=O)[O-].[CH2-]C.[Zn+2]. The molecule has 2 nitrogen and oxygen atoms in total. The molecule has 0 bridgehead atoms. The van der Waals surface area contributed by atoms with Gasteiger partial charge in [0.05, 0.1) is 0 Å². The van der Waals surface area contributed by atoms with Crippen molar-refractivity contribution in [2.24, 2.45) is 0 Å². The van der Waals surface area contributed by atoms with Crippen molar-refractivity contribution in [1.29, 1.82) is 0 Å². The van der Waals surface area contributed by atoms with Crippen LogP contribution in [0.15, 0.2) is 0 Å². The van der Waals surface area contributed by atoms with E-state index in [4.69, 9.17) is 0 Å². The van der Waals surface area contributed by atoms with Gasteiger partial charge in [-0.25, -0.2) is 0 Å². The quantitative estimate of drug-likeness (QED) is 0.456. The van der Waals surface area contributed by atoms with E-state index in [1.165, 1.54) is 0 Å². The molecule has 0 rings (SSSR count). The van der Waals surface area contributed by atoms with E-state index in [2.05, 4.69) is 6.92 Å². The van der Waals surface area contributed by atoms with Gasteiger partial charge in [-0.05, 0) is 6.42 Å². The summed E-state index contributed by atoms with van der Waals surface area (Å²) in [5, 5.41) is 9.49. The summed E-state index contributed by atoms with van der Waals surface area (Å²) in [5.41, 5.74) is 0. The Morgan fingerprint density at radius 1 is 1.56 bits per heavy atom. The number of hydrogen-bond donors (Lipinski definition) is 0. The van der Waals surface area contributed by atoms with Gasteiger partial charge in [-0.3, -0.25) is 0 Å². The molecule has 0 aromatic carbocycles. The van der Waals surface area contributed by atoms with Crippen LogP contribution in [-0.4, -0.2) is 5.97 Å². The van der Waals surface area contributed by atoms with E-state index >= 15 is 0 Å². The first-order valence-electron chi connectivity index (χ1n) is 2.68. The van der Waals surface area contributed by atoms with Gasteiger partial charge in [0.2, 0.25) is 0 Å². The minimum absolute atomic E-state index is 0. The maximum atomic E-state index is 9.49. The normalized spacial score (nSPS) is 6.11. The summed E-state index contributed by atoms with van der Waals surface area (Å²) < 4.78 is 0. The molecule has 0 saturated heterocycles. The molecule has 0 aliphatic rings. The van der Waals surface area contributed by atoms with Crippen LogP contribution in [0.25, 0.3) is 0 Å². The van der Waals surface area contributed by atoms with Crippen LogP contribution in [-0.2, 0) is 24.3 Å². The fourth-order valence-corrected chi connectivity index (χ4v) is 0.204. The average Bonchev–Trinajstić information content (AvgIpc) is 1.72. The van der Waals surface area contributed by atoms with Gasteiger partial charge in [-0.2, -0.15) is 6.92 Å². The van der Waals surface area contributed by atoms with Crippen LogP contribution in [0, 0.1) is 6.92 Å². The minimum Gasteiger partial charge on any atom is -0.550 e. The van der Waals surface area contributed by atoms with Crippen LogP contribution in [0.3, 0.4) is 0 Å². The van der Waals surface area contributed by atoms with Gasteiger partial charge >= 0.3 is 19.5 Å². The van der Waals surface area contributed by atoms with E-state index in [0.717, 1.165) is 0 Å². The van der Waals surface area contributed by atoms with Crippen LogP contribution in [0.1, 0.15) is 26.7 Å². The Hall–Kier alpha value is 0.0934. The maximum absolute atomic E-state index is 9.49. The zero-order valence-electron chi connectivity index (χ0n) is 6.14. The molecule has 3 heteroatoms. The predicted octanol–water partition coefficient (Wildman–Crippen LogP) is 0.374. The Morgan fingerprint density at radius 2 is 1.89 bits per heavy atom. The second-order valence-electron chi connectivity index (χ2n) is 1.12. The summed E-state index contributed by atoms with van der Waals surface area (Å²) in [6, 6.07) is 0. The fourth-order valence-electron chi connectivity index (χ4n) is 0.204. The van der Waals surface area contributed by atoms with Crippen LogP contribution >= 0.6 is 0 Å². The van der Waals surface area contributed by atoms with Crippen LogP contribution in [0.4, 0.5) is 0 Å². The number of carbonyl (C=O) groups excluding carboxylic acids is 1. The molecule has 0 heterocycles. The molecular weight excluding hydrogens is 169 g/mol. The van der Waals surface area contributed by atoms with Crippen molar-refractivity contribution in [3.05, 3.63) is 6.92 Å². The smallest absolute Gasteiger partial charge is 0.550 e. The van der Waals surface area contributed by atoms with Gasteiger partial charge in [-0.15, -0.1) is 0 Å². The Bertz CT molecular complexity index is 55.0. The summed E-state index contributed by atoms with van der Waals surface area (Å²) in [7, 11) is 0. The summed E-state index contributed by atoms with van der Waals surface area (Å²) in [6.07, 6.45) is 0.850. The molecule has 0 saturated carbocycles. The number of rotatable bonds is 2. The first-order valence-corrected chi connectivity index (χ1v) is 2.68. The second-order valence-corrected chi connectivity index (χ2v) is 1.12. The molecule has 0 amide bonds. The third-order valence-electron chi connectivity index (χ3n) is 0.454. The molecule has 0 aliphatic heterocycles. The van der Waals surface area contributed by atoms with Crippen molar-refractivity contribution < 1.29 is 29.4 Å². The standard InChI is InChI=1S/C4H8O2.C2H5.Zn/c1-2-3-4(5)6;1-2;/h2-3H2,1H3,(H,5,6);1H2,2H3;/q;-1;+2/p-1. The van der Waals surface area contributed by atoms with E-state index in [0.29, 0.717) is 6.42 Å². The Kier molecular flexibility index (Phi) is 28.0. The van der Waals surface area contributed by atoms with Crippen LogP contribution < -0.4 is 5.11 Å². The Balaban J connectivity index is -0.000000109. The van der Waals surface area contributed by atoms with Crippen molar-refractivity contribution in [3.63, 3.8) is 0 Å². The molecular formula is C6H12O2Zn. The minimum atomic E-state index is -0.961. The first-order chi connectivity index (χ1) is 3.77. The third kappa shape index (κ3) is 31.4. The van der Waals surface area contributed by atoms with Crippen molar-refractivity contribution in [1.82, 2.24) is 0 Å². The number of aliphatic carboxylic acids is 1. The van der Waals surface area contributed by atoms with Crippen molar-refractivity contribution in [3.8, 4) is 0 Å². The molecule has 0 spiro atoms. The number of hydrogen-bond acceptors (Lipinski definition) is 2. The zero-order valence-corrected chi connectivity index (χ0v) is 9.11. The fraction of sp³-hybridized carbons (Fsp3) is 0.667. The Labute approximate surface area is 69.4 Å². The number of carboxylic acids is 1. The van der Waals surface area contributed by atoms with Crippen molar-refractivity contribution in [2.75, 3.05) is 0 Å². The van der Waals surface area contributed by atoms with Gasteiger partial charge in [0.25, 0.3) is 0 Å². The molecule has 0 fully saturated rings. The largest absolute Gasteiger partial charge is 2.00 e. The third-order valence-corrected chi connectivity index (χ3v) is 0.454. The van der Waals surface area contributed by atoms with E-state index < -0.39 is 5.97 Å². The van der Waals surface area contributed by atoms with Crippen molar-refractivity contribution in [2.45, 2.75) is 26.7 Å². The topological polar surface area (TPSA) is 40.1 Å². The summed E-state index contributed by atoms with van der Waals surface area (Å²) in [4.78, 5) is 9.49. The Morgan fingerprint density at radius 3 is 1.89 bits per heavy atom. The number of carboxylic acid groups (broad SMARTS) is 1. The predicted molar refractivity (Wildman–Crippen MR) is 30.9 cm³/mol. The van der Waals surface area contributed by atoms with Gasteiger partial charge in [-0.1, -0.05) is 13.3 Å². The van der Waals surface area contributed by atoms with Crippen LogP contribution in [0.5, 0.6) is 0 Å². The van der Waals surface area contributed by atoms with Gasteiger partial charge in [0, 0.05) is 5.97 Å². The summed E-state index contributed by atoms with van der Waals surface area (Å²) >= 11 is 0. The molecule has 9 heavy (non-hydrogen) atoms. The molecule has 0 aromatic heterocycles. The van der Waals surface area contributed by atoms with E-state index in [1.807, 2.05) is 0 Å². The number of carbonyl (C=O) groups is 1. The monoisotopic (exact) mass is 180 g/mol. The van der Waals surface area contributed by atoms with Gasteiger partial charge in [0.15, 0.2) is 0 Å². The molecule has 0 radical (unpaired) electrons. The maximum Gasteiger partial charge on any atom is 2.00 e. The summed E-state index contributed by atoms with van der Waals surface area (Å²) in [5.74, 6) is -0.961. The second kappa shape index (κ2) is 15.7. The van der Waals surface area contributed by atoms with E-state index in [9.17, 15) is 9.90 Å². The summed E-state index contributed by atoms with van der Waals surface area (Å²) in [6.45, 7) is 6.80. The van der Waals surface area contributed by atoms with Crippen LogP contribution in [0.2, 0.25) is 0 Å². The van der Waals surface area contributed by atoms with Gasteiger partial charge < -0.3 is 16.8 Å². The zero-order chi connectivity index (χ0) is 6.99. The molecule has 50 valence electrons. The molecule has 0 atom stereocenters. The average molecular weight is 182 g/mol. The van der Waals surface area contributed by atoms with Gasteiger partial charge in [0.1, 0.15) is 0 Å². The molecule has 0 N–H and O–H groups in total. The molecule has 0 aliphatic carbocycles. The molecule has 0 aromatic rings. The molecule has 0 unspecified atom stereocenters. The van der Waals surface area contributed by atoms with E-state index in [1.54, 1.807) is 13.8 Å². The first kappa shape index (κ1) is 16.0. The van der Waals surface area contributed by atoms with Crippen molar-refractivity contribution >= 4 is 5.97 Å².